The highest BCUT2D eigenvalue weighted by Crippen LogP contribution is 2.22. The van der Waals surface area contributed by atoms with Crippen LogP contribution in [-0.4, -0.2) is 19.1 Å². The van der Waals surface area contributed by atoms with Gasteiger partial charge in [-0.2, -0.15) is 0 Å². The second-order valence-corrected chi connectivity index (χ2v) is 7.29. The number of hydrogen-bond donors (Lipinski definition) is 1. The van der Waals surface area contributed by atoms with E-state index < -0.39 is 14.9 Å². The summed E-state index contributed by atoms with van der Waals surface area (Å²) in [7, 11) is -3.63. The summed E-state index contributed by atoms with van der Waals surface area (Å²) in [6, 6.07) is 10.9. The molecule has 2 aromatic carbocycles. The number of nitro benzene ring substituents is 1. The van der Waals surface area contributed by atoms with Crippen molar-refractivity contribution in [3.8, 4) is 0 Å². The molecule has 0 saturated carbocycles. The summed E-state index contributed by atoms with van der Waals surface area (Å²) >= 11 is 5.84. The molecule has 2 aromatic rings. The molecule has 0 atom stereocenters. The Morgan fingerprint density at radius 3 is 2.57 bits per heavy atom. The molecule has 0 aromatic heterocycles. The Morgan fingerprint density at radius 2 is 1.91 bits per heavy atom. The van der Waals surface area contributed by atoms with Crippen molar-refractivity contribution in [2.75, 3.05) is 10.5 Å². The summed E-state index contributed by atoms with van der Waals surface area (Å²) in [4.78, 5) is 10.4. The fourth-order valence-electron chi connectivity index (χ4n) is 2.10. The first-order valence-corrected chi connectivity index (χ1v) is 8.80. The molecule has 0 aliphatic carbocycles. The normalized spacial score (nSPS) is 11.2. The van der Waals surface area contributed by atoms with E-state index >= 15 is 0 Å². The molecule has 2 rings (SSSR count). The number of rotatable bonds is 6. The van der Waals surface area contributed by atoms with Crippen LogP contribution in [0.5, 0.6) is 0 Å². The average molecular weight is 355 g/mol. The van der Waals surface area contributed by atoms with Crippen LogP contribution in [0.15, 0.2) is 42.5 Å². The maximum absolute atomic E-state index is 12.2. The van der Waals surface area contributed by atoms with Crippen molar-refractivity contribution in [3.63, 3.8) is 0 Å². The number of sulfonamides is 1. The molecular formula is C15H15ClN2O4S. The lowest BCUT2D eigenvalue weighted by atomic mass is 10.1. The van der Waals surface area contributed by atoms with Gasteiger partial charge in [0.15, 0.2) is 0 Å². The SMILES string of the molecule is Cc1cc(Cl)ccc1NS(=O)(=O)CCc1ccccc1[N+](=O)[O-]. The summed E-state index contributed by atoms with van der Waals surface area (Å²) in [5.74, 6) is -0.250. The van der Waals surface area contributed by atoms with Gasteiger partial charge in [0.25, 0.3) is 5.69 Å². The maximum atomic E-state index is 12.2. The Hall–Kier alpha value is -2.12. The predicted octanol–water partition coefficient (Wildman–Crippen LogP) is 3.54. The smallest absolute Gasteiger partial charge is 0.272 e. The topological polar surface area (TPSA) is 89.3 Å². The summed E-state index contributed by atoms with van der Waals surface area (Å²) in [5, 5.41) is 11.5. The minimum Gasteiger partial charge on any atom is -0.283 e. The Balaban J connectivity index is 2.12. The van der Waals surface area contributed by atoms with Crippen molar-refractivity contribution in [2.24, 2.45) is 0 Å². The Kier molecular flexibility index (Phi) is 5.23. The van der Waals surface area contributed by atoms with Crippen LogP contribution in [0.4, 0.5) is 11.4 Å². The van der Waals surface area contributed by atoms with E-state index in [4.69, 9.17) is 11.6 Å². The molecule has 0 heterocycles. The van der Waals surface area contributed by atoms with Crippen LogP contribution in [0.3, 0.4) is 0 Å². The third-order valence-corrected chi connectivity index (χ3v) is 4.79. The number of halogens is 1. The summed E-state index contributed by atoms with van der Waals surface area (Å²) in [5.41, 5.74) is 1.45. The van der Waals surface area contributed by atoms with Gasteiger partial charge < -0.3 is 0 Å². The first kappa shape index (κ1) is 17.2. The van der Waals surface area contributed by atoms with Gasteiger partial charge in [-0.3, -0.25) is 14.8 Å². The molecule has 0 amide bonds. The lowest BCUT2D eigenvalue weighted by molar-refractivity contribution is -0.385. The van der Waals surface area contributed by atoms with Gasteiger partial charge in [0.2, 0.25) is 10.0 Å². The first-order valence-electron chi connectivity index (χ1n) is 6.77. The van der Waals surface area contributed by atoms with Crippen molar-refractivity contribution in [3.05, 3.63) is 68.7 Å². The predicted molar refractivity (Wildman–Crippen MR) is 90.4 cm³/mol. The molecule has 0 bridgehead atoms. The van der Waals surface area contributed by atoms with Gasteiger partial charge in [-0.15, -0.1) is 0 Å². The summed E-state index contributed by atoms with van der Waals surface area (Å²) in [6.45, 7) is 1.74. The van der Waals surface area contributed by atoms with Crippen LogP contribution in [-0.2, 0) is 16.4 Å². The highest BCUT2D eigenvalue weighted by molar-refractivity contribution is 7.92. The number of nitro groups is 1. The van der Waals surface area contributed by atoms with Gasteiger partial charge in [0, 0.05) is 16.7 Å². The van der Waals surface area contributed by atoms with E-state index in [0.717, 1.165) is 0 Å². The molecule has 0 unspecified atom stereocenters. The number of nitrogens with one attached hydrogen (secondary N) is 1. The van der Waals surface area contributed by atoms with Crippen molar-refractivity contribution >= 4 is 33.0 Å². The quantitative estimate of drug-likeness (QED) is 0.634. The summed E-state index contributed by atoms with van der Waals surface area (Å²) < 4.78 is 26.8. The van der Waals surface area contributed by atoms with Crippen molar-refractivity contribution < 1.29 is 13.3 Å². The van der Waals surface area contributed by atoms with Crippen molar-refractivity contribution in [1.82, 2.24) is 0 Å². The van der Waals surface area contributed by atoms with Crippen LogP contribution < -0.4 is 4.72 Å². The zero-order valence-electron chi connectivity index (χ0n) is 12.3. The van der Waals surface area contributed by atoms with E-state index in [0.29, 0.717) is 21.8 Å². The van der Waals surface area contributed by atoms with E-state index in [-0.39, 0.29) is 17.9 Å². The third kappa shape index (κ3) is 4.67. The number of benzene rings is 2. The highest BCUT2D eigenvalue weighted by atomic mass is 35.5. The van der Waals surface area contributed by atoms with E-state index in [9.17, 15) is 18.5 Å². The molecule has 0 aliphatic rings. The third-order valence-electron chi connectivity index (χ3n) is 3.28. The van der Waals surface area contributed by atoms with Gasteiger partial charge in [-0.05, 0) is 37.1 Å². The van der Waals surface area contributed by atoms with Gasteiger partial charge in [-0.25, -0.2) is 8.42 Å². The van der Waals surface area contributed by atoms with E-state index in [1.165, 1.54) is 6.07 Å². The fraction of sp³-hybridized carbons (Fsp3) is 0.200. The molecule has 8 heteroatoms. The van der Waals surface area contributed by atoms with Crippen LogP contribution in [0.1, 0.15) is 11.1 Å². The first-order chi connectivity index (χ1) is 10.8. The van der Waals surface area contributed by atoms with Gasteiger partial charge in [0.05, 0.1) is 16.4 Å². The monoisotopic (exact) mass is 354 g/mol. The Morgan fingerprint density at radius 1 is 1.22 bits per heavy atom. The number of hydrogen-bond acceptors (Lipinski definition) is 4. The molecule has 122 valence electrons. The minimum atomic E-state index is -3.63. The zero-order valence-corrected chi connectivity index (χ0v) is 13.9. The molecule has 1 N–H and O–H groups in total. The second-order valence-electron chi connectivity index (χ2n) is 5.02. The van der Waals surface area contributed by atoms with Gasteiger partial charge >= 0.3 is 0 Å². The lowest BCUT2D eigenvalue weighted by Gasteiger charge is -2.11. The lowest BCUT2D eigenvalue weighted by Crippen LogP contribution is -2.19. The largest absolute Gasteiger partial charge is 0.283 e. The molecular weight excluding hydrogens is 340 g/mol. The molecule has 23 heavy (non-hydrogen) atoms. The molecule has 0 fully saturated rings. The number of anilines is 1. The standard InChI is InChI=1S/C15H15ClN2O4S/c1-11-10-13(16)6-7-14(11)17-23(21,22)9-8-12-4-2-3-5-15(12)18(19)20/h2-7,10,17H,8-9H2,1H3. The Labute approximate surface area is 139 Å². The fourth-order valence-corrected chi connectivity index (χ4v) is 3.49. The molecule has 0 spiro atoms. The van der Waals surface area contributed by atoms with E-state index in [2.05, 4.69) is 4.72 Å². The van der Waals surface area contributed by atoms with E-state index in [1.54, 1.807) is 43.3 Å². The van der Waals surface area contributed by atoms with Crippen LogP contribution in [0, 0.1) is 17.0 Å². The summed E-state index contributed by atoms with van der Waals surface area (Å²) in [6.07, 6.45) is 0.0547. The molecule has 0 radical (unpaired) electrons. The molecule has 0 saturated heterocycles. The van der Waals surface area contributed by atoms with Gasteiger partial charge in [-0.1, -0.05) is 29.8 Å². The van der Waals surface area contributed by atoms with Crippen LogP contribution >= 0.6 is 11.6 Å². The Bertz CT molecular complexity index is 837. The van der Waals surface area contributed by atoms with Crippen molar-refractivity contribution in [1.29, 1.82) is 0 Å². The number of nitrogens with zero attached hydrogens (tertiary/aromatic N) is 1. The minimum absolute atomic E-state index is 0.0547. The maximum Gasteiger partial charge on any atom is 0.272 e. The van der Waals surface area contributed by atoms with Crippen molar-refractivity contribution in [2.45, 2.75) is 13.3 Å². The van der Waals surface area contributed by atoms with Crippen LogP contribution in [0.2, 0.25) is 5.02 Å². The second kappa shape index (κ2) is 6.97. The number of para-hydroxylation sites is 1. The molecule has 0 aliphatic heterocycles. The van der Waals surface area contributed by atoms with Gasteiger partial charge in [0.1, 0.15) is 0 Å². The number of aryl methyl sites for hydroxylation is 2. The van der Waals surface area contributed by atoms with E-state index in [1.807, 2.05) is 0 Å². The average Bonchev–Trinajstić information content (AvgIpc) is 2.48. The highest BCUT2D eigenvalue weighted by Gasteiger charge is 2.17. The zero-order chi connectivity index (χ0) is 17.0. The van der Waals surface area contributed by atoms with Crippen LogP contribution in [0.25, 0.3) is 0 Å². The molecule has 6 nitrogen and oxygen atoms in total.